The Bertz CT molecular complexity index is 2120. The number of ether oxygens (including phenoxy) is 2. The molecular formula is C45H59ClN8O3S. The first kappa shape index (κ1) is 40.7. The average Bonchev–Trinajstić information content (AvgIpc) is 4.11. The summed E-state index contributed by atoms with van der Waals surface area (Å²) < 4.78 is 16.9. The third-order valence-electron chi connectivity index (χ3n) is 12.9. The van der Waals surface area contributed by atoms with Gasteiger partial charge in [-0.05, 0) is 156 Å². The van der Waals surface area contributed by atoms with Crippen molar-refractivity contribution in [2.75, 3.05) is 23.2 Å². The molecule has 4 aromatic rings. The summed E-state index contributed by atoms with van der Waals surface area (Å²) in [6.07, 6.45) is 13.0. The zero-order valence-electron chi connectivity index (χ0n) is 35.3. The van der Waals surface area contributed by atoms with Crippen LogP contribution in [0.4, 0.5) is 16.3 Å². The summed E-state index contributed by atoms with van der Waals surface area (Å²) in [6, 6.07) is 15.8. The van der Waals surface area contributed by atoms with Crippen LogP contribution in [0.25, 0.3) is 5.82 Å². The minimum atomic E-state index is -0.540. The van der Waals surface area contributed by atoms with Gasteiger partial charge in [0.1, 0.15) is 16.4 Å². The lowest BCUT2D eigenvalue weighted by Gasteiger charge is -2.33. The highest BCUT2D eigenvalue weighted by atomic mass is 35.5. The van der Waals surface area contributed by atoms with E-state index in [1.807, 2.05) is 74.5 Å². The smallest absolute Gasteiger partial charge is 0.410 e. The van der Waals surface area contributed by atoms with E-state index in [-0.39, 0.29) is 23.1 Å². The Kier molecular flexibility index (Phi) is 10.7. The van der Waals surface area contributed by atoms with Crippen LogP contribution in [-0.4, -0.2) is 60.0 Å². The number of amides is 1. The number of rotatable bonds is 14. The van der Waals surface area contributed by atoms with Gasteiger partial charge in [-0.2, -0.15) is 0 Å². The molecule has 2 spiro atoms. The lowest BCUT2D eigenvalue weighted by Crippen LogP contribution is -2.45. The van der Waals surface area contributed by atoms with Gasteiger partial charge in [-0.3, -0.25) is 4.98 Å². The van der Waals surface area contributed by atoms with Crippen LogP contribution >= 0.6 is 23.5 Å². The van der Waals surface area contributed by atoms with Crippen molar-refractivity contribution in [2.24, 2.45) is 22.7 Å². The molecule has 310 valence electrons. The number of halogens is 1. The fourth-order valence-corrected chi connectivity index (χ4v) is 10.6. The maximum atomic E-state index is 13.1. The van der Waals surface area contributed by atoms with Crippen LogP contribution in [0.1, 0.15) is 124 Å². The Labute approximate surface area is 353 Å². The molecular weight excluding hydrogens is 768 g/mol. The molecule has 0 bridgehead atoms. The van der Waals surface area contributed by atoms with Crippen LogP contribution in [-0.2, 0) is 10.2 Å². The van der Waals surface area contributed by atoms with Gasteiger partial charge in [0, 0.05) is 42.5 Å². The molecule has 1 amide bonds. The first-order valence-corrected chi connectivity index (χ1v) is 22.1. The molecule has 4 aliphatic rings. The maximum absolute atomic E-state index is 13.1. The van der Waals surface area contributed by atoms with E-state index in [2.05, 4.69) is 66.9 Å². The number of pyridine rings is 3. The van der Waals surface area contributed by atoms with Gasteiger partial charge < -0.3 is 24.4 Å². The van der Waals surface area contributed by atoms with Gasteiger partial charge >= 0.3 is 6.09 Å². The molecule has 2 unspecified atom stereocenters. The molecule has 13 heteroatoms. The summed E-state index contributed by atoms with van der Waals surface area (Å²) in [5, 5.41) is 9.43. The zero-order chi connectivity index (χ0) is 41.1. The highest BCUT2D eigenvalue weighted by molar-refractivity contribution is 8.00. The minimum absolute atomic E-state index is 0.0234. The van der Waals surface area contributed by atoms with Gasteiger partial charge in [-0.1, -0.05) is 38.4 Å². The van der Waals surface area contributed by atoms with Crippen LogP contribution in [0.5, 0.6) is 5.88 Å². The number of carbonyl (C=O) groups is 1. The van der Waals surface area contributed by atoms with E-state index in [9.17, 15) is 4.79 Å². The molecule has 0 aromatic carbocycles. The summed E-state index contributed by atoms with van der Waals surface area (Å²) in [7, 11) is 0. The number of hydrogen-bond acceptors (Lipinski definition) is 10. The van der Waals surface area contributed by atoms with Crippen molar-refractivity contribution in [3.05, 3.63) is 77.3 Å². The van der Waals surface area contributed by atoms with Crippen LogP contribution in [0, 0.1) is 22.7 Å². The van der Waals surface area contributed by atoms with Crippen molar-refractivity contribution in [3.8, 4) is 11.7 Å². The summed E-state index contributed by atoms with van der Waals surface area (Å²) in [5.41, 5.74) is 3.41. The lowest BCUT2D eigenvalue weighted by atomic mass is 9.86. The van der Waals surface area contributed by atoms with Gasteiger partial charge in [0.15, 0.2) is 11.0 Å². The van der Waals surface area contributed by atoms with Gasteiger partial charge in [0.25, 0.3) is 0 Å². The fourth-order valence-electron chi connectivity index (χ4n) is 9.63. The van der Waals surface area contributed by atoms with Crippen LogP contribution in [0.3, 0.4) is 0 Å². The van der Waals surface area contributed by atoms with Crippen molar-refractivity contribution in [2.45, 2.75) is 134 Å². The number of anilines is 2. The molecule has 11 nitrogen and oxygen atoms in total. The molecule has 2 atom stereocenters. The Hall–Kier alpha value is -4.03. The van der Waals surface area contributed by atoms with E-state index < -0.39 is 5.60 Å². The van der Waals surface area contributed by atoms with Crippen molar-refractivity contribution < 1.29 is 14.3 Å². The van der Waals surface area contributed by atoms with Crippen LogP contribution < -0.4 is 14.8 Å². The van der Waals surface area contributed by atoms with Gasteiger partial charge in [-0.25, -0.2) is 19.4 Å². The number of nitrogens with zero attached hydrogens (tertiary/aromatic N) is 6. The van der Waals surface area contributed by atoms with Crippen LogP contribution in [0.2, 0.25) is 5.15 Å². The van der Waals surface area contributed by atoms with E-state index in [1.54, 1.807) is 4.68 Å². The second kappa shape index (κ2) is 15.2. The molecule has 0 radical (unpaired) electrons. The molecule has 4 fully saturated rings. The van der Waals surface area contributed by atoms with E-state index in [1.165, 1.54) is 43.2 Å². The van der Waals surface area contributed by atoms with Crippen molar-refractivity contribution in [1.29, 1.82) is 0 Å². The summed E-state index contributed by atoms with van der Waals surface area (Å²) in [4.78, 5) is 29.5. The van der Waals surface area contributed by atoms with E-state index in [0.29, 0.717) is 52.4 Å². The Morgan fingerprint density at radius 1 is 1.00 bits per heavy atom. The number of aromatic nitrogens is 5. The van der Waals surface area contributed by atoms with E-state index in [4.69, 9.17) is 31.0 Å². The van der Waals surface area contributed by atoms with E-state index in [0.717, 1.165) is 48.1 Å². The molecule has 8 rings (SSSR count). The Morgan fingerprint density at radius 2 is 1.76 bits per heavy atom. The largest absolute Gasteiger partial charge is 0.477 e. The molecule has 5 heterocycles. The first-order chi connectivity index (χ1) is 27.4. The molecule has 4 aromatic heterocycles. The van der Waals surface area contributed by atoms with Crippen molar-refractivity contribution >= 4 is 41.1 Å². The number of fused-ring (bicyclic) bond motifs is 1. The number of carbonyl (C=O) groups excluding carboxylic acids is 1. The molecule has 1 aliphatic heterocycles. The van der Waals surface area contributed by atoms with Gasteiger partial charge in [0.2, 0.25) is 5.88 Å². The van der Waals surface area contributed by atoms with E-state index >= 15 is 0 Å². The molecule has 3 aliphatic carbocycles. The molecule has 3 saturated carbocycles. The highest BCUT2D eigenvalue weighted by Crippen LogP contribution is 2.93. The molecule has 58 heavy (non-hydrogen) atoms. The topological polar surface area (TPSA) is 119 Å². The number of likely N-dealkylation sites (tertiary alicyclic amines) is 1. The van der Waals surface area contributed by atoms with Crippen molar-refractivity contribution in [3.63, 3.8) is 0 Å². The second-order valence-corrected chi connectivity index (χ2v) is 20.8. The third kappa shape index (κ3) is 8.65. The predicted octanol–water partition coefficient (Wildman–Crippen LogP) is 11.1. The van der Waals surface area contributed by atoms with Crippen molar-refractivity contribution in [1.82, 2.24) is 29.6 Å². The fraction of sp³-hybridized carbons (Fsp3) is 0.578. The number of nitrogens with one attached hydrogen (secondary N) is 2. The second-order valence-electron chi connectivity index (χ2n) is 19.6. The SMILES string of the molecule is CC(C)(C)OC(=O)N1CC(CCC(Nc2cccc(SNc3ccc(-n4ccc(OCCC5C6(CC6)C56CC6)n4)nc3Cl)n2)c2cc(C(C)(C)C)ccn2)CC1(C)C. The quantitative estimate of drug-likeness (QED) is 0.0939. The minimum Gasteiger partial charge on any atom is -0.477 e. The third-order valence-corrected chi connectivity index (χ3v) is 13.9. The highest BCUT2D eigenvalue weighted by Gasteiger charge is 2.85. The number of hydrogen-bond donors (Lipinski definition) is 2. The Morgan fingerprint density at radius 3 is 2.45 bits per heavy atom. The average molecular weight is 828 g/mol. The normalized spacial score (nSPS) is 20.6. The Balaban J connectivity index is 0.891. The standard InChI is InChI=1S/C45H59ClN8O3S/c1-41(2,3)30-16-23-47-33(26-30)31(13-12-29-27-43(7,8)53(28-29)40(55)57-42(4,5)6)48-35-10-9-11-38(49-35)58-52-32-14-15-36(50-39(32)46)54-24-17-37(51-54)56-25-18-34-44(19-20-44)45(34)21-22-45/h9-11,14-17,23-24,26,29,31,34,52H,12-13,18-22,25,27-28H2,1-8H3,(H,48,49). The maximum Gasteiger partial charge on any atom is 0.410 e. The molecule has 1 saturated heterocycles. The lowest BCUT2D eigenvalue weighted by molar-refractivity contribution is 0.0130. The monoisotopic (exact) mass is 826 g/mol. The molecule has 2 N–H and O–H groups in total. The van der Waals surface area contributed by atoms with Crippen LogP contribution in [0.15, 0.2) is 66.0 Å². The zero-order valence-corrected chi connectivity index (χ0v) is 36.8. The first-order valence-electron chi connectivity index (χ1n) is 20.9. The summed E-state index contributed by atoms with van der Waals surface area (Å²) in [5.74, 6) is 3.16. The summed E-state index contributed by atoms with van der Waals surface area (Å²) in [6.45, 7) is 18.0. The van der Waals surface area contributed by atoms with Gasteiger partial charge in [-0.15, -0.1) is 5.10 Å². The van der Waals surface area contributed by atoms with Gasteiger partial charge in [0.05, 0.1) is 24.0 Å². The summed E-state index contributed by atoms with van der Waals surface area (Å²) >= 11 is 8.06. The predicted molar refractivity (Wildman–Crippen MR) is 231 cm³/mol.